The molecule has 0 spiro atoms. The molecule has 2 N–H and O–H groups in total. The van der Waals surface area contributed by atoms with Crippen LogP contribution in [0.15, 0.2) is 29.1 Å². The van der Waals surface area contributed by atoms with Crippen LogP contribution in [0.25, 0.3) is 10.9 Å². The summed E-state index contributed by atoms with van der Waals surface area (Å²) >= 11 is 0. The Morgan fingerprint density at radius 2 is 2.00 bits per heavy atom. The van der Waals surface area contributed by atoms with Crippen molar-refractivity contribution in [2.45, 2.75) is 0 Å². The van der Waals surface area contributed by atoms with Crippen LogP contribution in [0.4, 0.5) is 0 Å². The van der Waals surface area contributed by atoms with E-state index in [9.17, 15) is 14.7 Å². The fourth-order valence-corrected chi connectivity index (χ4v) is 1.41. The molecule has 0 fully saturated rings. The molecule has 1 aromatic heterocycles. The SMILES string of the molecule is O=C(O)c1c([O-])c2ccccc2[nH]c1=O. The van der Waals surface area contributed by atoms with Crippen LogP contribution in [0.2, 0.25) is 0 Å². The number of fused-ring (bicyclic) bond motifs is 1. The first kappa shape index (κ1) is 9.26. The number of carboxylic acid groups (broad SMARTS) is 1. The average Bonchev–Trinajstić information content (AvgIpc) is 2.17. The van der Waals surface area contributed by atoms with Crippen molar-refractivity contribution in [2.24, 2.45) is 0 Å². The first-order chi connectivity index (χ1) is 7.11. The normalized spacial score (nSPS) is 10.4. The summed E-state index contributed by atoms with van der Waals surface area (Å²) in [4.78, 5) is 24.3. The zero-order valence-electron chi connectivity index (χ0n) is 7.48. The first-order valence-corrected chi connectivity index (χ1v) is 4.16. The van der Waals surface area contributed by atoms with E-state index in [0.717, 1.165) is 0 Å². The number of aromatic carboxylic acids is 1. The second-order valence-electron chi connectivity index (χ2n) is 3.01. The Bertz CT molecular complexity index is 600. The molecule has 0 aliphatic carbocycles. The molecule has 0 aliphatic rings. The summed E-state index contributed by atoms with van der Waals surface area (Å²) in [5.41, 5.74) is -1.27. The molecule has 0 radical (unpaired) electrons. The molecule has 76 valence electrons. The van der Waals surface area contributed by atoms with Crippen LogP contribution in [0.3, 0.4) is 0 Å². The van der Waals surface area contributed by atoms with E-state index < -0.39 is 22.8 Å². The van der Waals surface area contributed by atoms with Crippen LogP contribution in [-0.4, -0.2) is 16.1 Å². The first-order valence-electron chi connectivity index (χ1n) is 4.16. The topological polar surface area (TPSA) is 93.2 Å². The lowest BCUT2D eigenvalue weighted by Gasteiger charge is -2.12. The van der Waals surface area contributed by atoms with E-state index in [4.69, 9.17) is 5.11 Å². The van der Waals surface area contributed by atoms with Gasteiger partial charge in [0.05, 0.1) is 0 Å². The highest BCUT2D eigenvalue weighted by molar-refractivity contribution is 5.97. The second-order valence-corrected chi connectivity index (χ2v) is 3.01. The van der Waals surface area contributed by atoms with Gasteiger partial charge in [-0.25, -0.2) is 4.79 Å². The van der Waals surface area contributed by atoms with Crippen molar-refractivity contribution in [3.05, 3.63) is 40.2 Å². The van der Waals surface area contributed by atoms with Crippen molar-refractivity contribution in [3.63, 3.8) is 0 Å². The molecule has 0 unspecified atom stereocenters. The summed E-state index contributed by atoms with van der Waals surface area (Å²) in [6.45, 7) is 0. The van der Waals surface area contributed by atoms with Gasteiger partial charge in [-0.1, -0.05) is 23.9 Å². The van der Waals surface area contributed by atoms with Crippen LogP contribution in [-0.2, 0) is 0 Å². The zero-order chi connectivity index (χ0) is 11.0. The number of benzene rings is 1. The summed E-state index contributed by atoms with van der Waals surface area (Å²) in [5, 5.41) is 20.5. The minimum absolute atomic E-state index is 0.203. The minimum Gasteiger partial charge on any atom is -0.871 e. The molecule has 0 saturated carbocycles. The third-order valence-corrected chi connectivity index (χ3v) is 2.09. The summed E-state index contributed by atoms with van der Waals surface area (Å²) in [7, 11) is 0. The Kier molecular flexibility index (Phi) is 1.93. The van der Waals surface area contributed by atoms with Crippen molar-refractivity contribution in [3.8, 4) is 5.75 Å². The highest BCUT2D eigenvalue weighted by atomic mass is 16.4. The third kappa shape index (κ3) is 1.34. The average molecular weight is 204 g/mol. The number of pyridine rings is 1. The fourth-order valence-electron chi connectivity index (χ4n) is 1.41. The summed E-state index contributed by atoms with van der Waals surface area (Å²) in [5.74, 6) is -2.26. The van der Waals surface area contributed by atoms with Gasteiger partial charge in [-0.2, -0.15) is 0 Å². The van der Waals surface area contributed by atoms with Gasteiger partial charge in [0.25, 0.3) is 5.56 Å². The second kappa shape index (κ2) is 3.13. The smallest absolute Gasteiger partial charge is 0.340 e. The monoisotopic (exact) mass is 204 g/mol. The van der Waals surface area contributed by atoms with Gasteiger partial charge in [0.15, 0.2) is 0 Å². The van der Waals surface area contributed by atoms with Gasteiger partial charge in [-0.3, -0.25) is 4.79 Å². The maximum atomic E-state index is 11.6. The van der Waals surface area contributed by atoms with Crippen LogP contribution in [0, 0.1) is 0 Å². The van der Waals surface area contributed by atoms with Gasteiger partial charge < -0.3 is 15.2 Å². The lowest BCUT2D eigenvalue weighted by atomic mass is 10.1. The Hall–Kier alpha value is -2.30. The Labute approximate surface area is 83.6 Å². The van der Waals surface area contributed by atoms with E-state index in [1.54, 1.807) is 18.2 Å². The Morgan fingerprint density at radius 1 is 1.33 bits per heavy atom. The van der Waals surface area contributed by atoms with E-state index >= 15 is 0 Å². The predicted octanol–water partition coefficient (Wildman–Crippen LogP) is 0.300. The van der Waals surface area contributed by atoms with Gasteiger partial charge in [-0.05, 0) is 11.5 Å². The van der Waals surface area contributed by atoms with Gasteiger partial charge >= 0.3 is 5.97 Å². The van der Waals surface area contributed by atoms with Gasteiger partial charge in [0.2, 0.25) is 0 Å². The number of H-pyrrole nitrogens is 1. The molecule has 0 atom stereocenters. The lowest BCUT2D eigenvalue weighted by molar-refractivity contribution is -0.266. The number of hydrogen-bond acceptors (Lipinski definition) is 3. The molecule has 0 amide bonds. The Morgan fingerprint density at radius 3 is 2.67 bits per heavy atom. The maximum Gasteiger partial charge on any atom is 0.340 e. The quantitative estimate of drug-likeness (QED) is 0.698. The van der Waals surface area contributed by atoms with Crippen molar-refractivity contribution >= 4 is 16.9 Å². The summed E-state index contributed by atoms with van der Waals surface area (Å²) < 4.78 is 0. The van der Waals surface area contributed by atoms with Crippen molar-refractivity contribution in [2.75, 3.05) is 0 Å². The number of para-hydroxylation sites is 1. The predicted molar refractivity (Wildman–Crippen MR) is 51.0 cm³/mol. The molecule has 5 heteroatoms. The Balaban J connectivity index is 2.97. The number of carboxylic acids is 1. The van der Waals surface area contributed by atoms with E-state index in [0.29, 0.717) is 5.52 Å². The van der Waals surface area contributed by atoms with E-state index in [2.05, 4.69) is 4.98 Å². The number of aromatic nitrogens is 1. The molecular formula is C10H6NO4-. The molecule has 2 rings (SSSR count). The van der Waals surface area contributed by atoms with Crippen LogP contribution >= 0.6 is 0 Å². The van der Waals surface area contributed by atoms with Crippen molar-refractivity contribution in [1.82, 2.24) is 4.98 Å². The van der Waals surface area contributed by atoms with E-state index in [1.165, 1.54) is 6.07 Å². The van der Waals surface area contributed by atoms with Crippen molar-refractivity contribution < 1.29 is 15.0 Å². The molecule has 2 aromatic rings. The highest BCUT2D eigenvalue weighted by Crippen LogP contribution is 2.21. The molecule has 0 aliphatic heterocycles. The van der Waals surface area contributed by atoms with Gasteiger partial charge in [0.1, 0.15) is 5.56 Å². The van der Waals surface area contributed by atoms with E-state index in [-0.39, 0.29) is 5.39 Å². The number of rotatable bonds is 1. The largest absolute Gasteiger partial charge is 0.871 e. The van der Waals surface area contributed by atoms with Crippen LogP contribution in [0.5, 0.6) is 5.75 Å². The number of hydrogen-bond donors (Lipinski definition) is 2. The standard InChI is InChI=1S/C10H7NO4/c12-8-5-3-1-2-4-6(5)11-9(13)7(8)10(14)15/h1-4H,(H,14,15)(H2,11,12,13)/p-1. The summed E-state index contributed by atoms with van der Waals surface area (Å²) in [6, 6.07) is 6.27. The van der Waals surface area contributed by atoms with Gasteiger partial charge in [0, 0.05) is 5.52 Å². The van der Waals surface area contributed by atoms with Crippen molar-refractivity contribution in [1.29, 1.82) is 0 Å². The minimum atomic E-state index is -1.51. The number of nitrogens with one attached hydrogen (secondary N) is 1. The molecular weight excluding hydrogens is 198 g/mol. The number of aromatic amines is 1. The molecule has 15 heavy (non-hydrogen) atoms. The highest BCUT2D eigenvalue weighted by Gasteiger charge is 2.11. The molecule has 0 saturated heterocycles. The molecule has 0 bridgehead atoms. The molecule has 1 heterocycles. The lowest BCUT2D eigenvalue weighted by Crippen LogP contribution is -2.20. The van der Waals surface area contributed by atoms with E-state index in [1.807, 2.05) is 0 Å². The maximum absolute atomic E-state index is 11.6. The summed E-state index contributed by atoms with van der Waals surface area (Å²) in [6.07, 6.45) is 0. The fraction of sp³-hybridized carbons (Fsp3) is 0. The molecule has 1 aromatic carbocycles. The number of carbonyl (C=O) groups is 1. The zero-order valence-corrected chi connectivity index (χ0v) is 7.48. The van der Waals surface area contributed by atoms with Crippen LogP contribution < -0.4 is 10.7 Å². The molecule has 5 nitrogen and oxygen atoms in total. The third-order valence-electron chi connectivity index (χ3n) is 2.09. The van der Waals surface area contributed by atoms with Gasteiger partial charge in [-0.15, -0.1) is 0 Å². The van der Waals surface area contributed by atoms with Crippen LogP contribution in [0.1, 0.15) is 10.4 Å².